The fraction of sp³-hybridized carbons (Fsp3) is 0.0938. The molecule has 0 aliphatic carbocycles. The minimum atomic E-state index is 0. The van der Waals surface area contributed by atoms with Gasteiger partial charge in [0.2, 0.25) is 0 Å². The summed E-state index contributed by atoms with van der Waals surface area (Å²) in [5, 5.41) is 0. The first-order valence-corrected chi connectivity index (χ1v) is 11.4. The van der Waals surface area contributed by atoms with E-state index in [9.17, 15) is 0 Å². The van der Waals surface area contributed by atoms with Crippen LogP contribution in [0.3, 0.4) is 0 Å². The molecule has 5 aromatic rings. The zero-order valence-corrected chi connectivity index (χ0v) is 21.3. The van der Waals surface area contributed by atoms with Gasteiger partial charge in [-0.3, -0.25) is 0 Å². The summed E-state index contributed by atoms with van der Waals surface area (Å²) in [6.07, 6.45) is 0. The number of hydrogen-bond donors (Lipinski definition) is 0. The predicted octanol–water partition coefficient (Wildman–Crippen LogP) is 9.52. The molecule has 0 bridgehead atoms. The van der Waals surface area contributed by atoms with Crippen LogP contribution in [0.2, 0.25) is 0 Å². The van der Waals surface area contributed by atoms with Gasteiger partial charge < -0.3 is 5.73 Å². The van der Waals surface area contributed by atoms with E-state index in [0.29, 0.717) is 0 Å². The molecule has 170 valence electrons. The van der Waals surface area contributed by atoms with Crippen molar-refractivity contribution in [1.29, 1.82) is 0 Å². The maximum absolute atomic E-state index is 6.58. The molecular weight excluding hydrogens is 499 g/mol. The van der Waals surface area contributed by atoms with E-state index in [4.69, 9.17) is 5.73 Å². The molecule has 0 atom stereocenters. The minimum Gasteiger partial charge on any atom is -0.675 e. The summed E-state index contributed by atoms with van der Waals surface area (Å²) in [7, 11) is 0. The van der Waals surface area contributed by atoms with Crippen molar-refractivity contribution in [2.75, 3.05) is 0 Å². The van der Waals surface area contributed by atoms with Crippen LogP contribution in [0.5, 0.6) is 0 Å². The summed E-state index contributed by atoms with van der Waals surface area (Å²) in [6, 6.07) is 45.3. The van der Waals surface area contributed by atoms with Crippen LogP contribution in [0.15, 0.2) is 127 Å². The van der Waals surface area contributed by atoms with Gasteiger partial charge in [-0.05, 0) is 0 Å². The third-order valence-corrected chi connectivity index (χ3v) is 5.37. The summed E-state index contributed by atoms with van der Waals surface area (Å²) in [6.45, 7) is 3.67. The third kappa shape index (κ3) is 6.03. The summed E-state index contributed by atoms with van der Waals surface area (Å²) in [5.41, 5.74) is 16.7. The summed E-state index contributed by atoms with van der Waals surface area (Å²) >= 11 is 0. The van der Waals surface area contributed by atoms with Crippen molar-refractivity contribution in [2.45, 2.75) is 19.9 Å². The zero-order valence-electron chi connectivity index (χ0n) is 19.6. The Labute approximate surface area is 216 Å². The van der Waals surface area contributed by atoms with Crippen LogP contribution in [-0.4, -0.2) is 6.04 Å². The van der Waals surface area contributed by atoms with Crippen molar-refractivity contribution in [3.05, 3.63) is 133 Å². The number of rotatable bonds is 4. The van der Waals surface area contributed by atoms with E-state index in [-0.39, 0.29) is 25.5 Å². The molecule has 2 heteroatoms. The summed E-state index contributed by atoms with van der Waals surface area (Å²) in [5.74, 6) is 0. The van der Waals surface area contributed by atoms with Gasteiger partial charge in [-0.1, -0.05) is 157 Å². The summed E-state index contributed by atoms with van der Waals surface area (Å²) in [4.78, 5) is 0. The van der Waals surface area contributed by atoms with Crippen molar-refractivity contribution < 1.29 is 19.5 Å². The van der Waals surface area contributed by atoms with Gasteiger partial charge in [-0.2, -0.15) is 0 Å². The molecule has 0 aliphatic heterocycles. The monoisotopic (exact) mass is 529 g/mol. The molecule has 0 heterocycles. The molecule has 1 nitrogen and oxygen atoms in total. The molecule has 5 rings (SSSR count). The first-order valence-electron chi connectivity index (χ1n) is 11.4. The fourth-order valence-electron chi connectivity index (χ4n) is 4.06. The molecule has 0 spiro atoms. The number of hydrogen-bond acceptors (Lipinski definition) is 0. The topological polar surface area (TPSA) is 23.8 Å². The fourth-order valence-corrected chi connectivity index (χ4v) is 4.06. The molecule has 1 N–H and O–H groups in total. The van der Waals surface area contributed by atoms with Gasteiger partial charge in [0.05, 0.1) is 0 Å². The van der Waals surface area contributed by atoms with Crippen molar-refractivity contribution in [3.63, 3.8) is 0 Å². The Balaban J connectivity index is 0.000000603. The van der Waals surface area contributed by atoms with Gasteiger partial charge in [0.1, 0.15) is 0 Å². The first-order chi connectivity index (χ1) is 16.1. The van der Waals surface area contributed by atoms with Gasteiger partial charge in [0.15, 0.2) is 0 Å². The molecule has 34 heavy (non-hydrogen) atoms. The van der Waals surface area contributed by atoms with E-state index >= 15 is 0 Å². The van der Waals surface area contributed by atoms with Gasteiger partial charge in [-0.15, -0.1) is 34.4 Å². The maximum atomic E-state index is 6.58. The second-order valence-corrected chi connectivity index (χ2v) is 8.34. The largest absolute Gasteiger partial charge is 2.00 e. The van der Waals surface area contributed by atoms with Gasteiger partial charge in [-0.25, -0.2) is 0 Å². The normalized spacial score (nSPS) is 10.2. The first kappa shape index (κ1) is 25.4. The summed E-state index contributed by atoms with van der Waals surface area (Å²) < 4.78 is 0. The van der Waals surface area contributed by atoms with E-state index in [2.05, 4.69) is 127 Å². The Kier molecular flexibility index (Phi) is 9.22. The Morgan fingerprint density at radius 3 is 0.971 bits per heavy atom. The molecule has 5 aromatic carbocycles. The Bertz CT molecular complexity index is 1160. The molecule has 0 radical (unpaired) electrons. The van der Waals surface area contributed by atoms with Crippen molar-refractivity contribution in [1.82, 2.24) is 0 Å². The van der Waals surface area contributed by atoms with E-state index < -0.39 is 0 Å². The molecule has 0 saturated heterocycles. The van der Waals surface area contributed by atoms with Crippen molar-refractivity contribution in [3.8, 4) is 44.5 Å². The second kappa shape index (κ2) is 12.3. The number of nitrogens with one attached hydrogen (secondary N) is 1. The van der Waals surface area contributed by atoms with Crippen molar-refractivity contribution in [2.24, 2.45) is 0 Å². The van der Waals surface area contributed by atoms with Crippen LogP contribution in [0.1, 0.15) is 13.8 Å². The smallest absolute Gasteiger partial charge is 0.675 e. The van der Waals surface area contributed by atoms with Crippen LogP contribution >= 0.6 is 0 Å². The SMILES string of the molecule is CC(C)[NH-].[Ru+2].c1ccc(-c2[cH-]c(-c3ccccc3)c(-c3ccccc3)c2-c2ccccc2)cc1. The van der Waals surface area contributed by atoms with Gasteiger partial charge in [0, 0.05) is 0 Å². The standard InChI is InChI=1S/C29H21.C3H8N.Ru/c1-5-13-22(14-6-1)26-21-27(23-15-7-2-8-16-23)29(25-19-11-4-12-20-25)28(26)24-17-9-3-10-18-24;1-3(2)4;/h1-21H;3-4H,1-2H3;/q2*-1;+2. The minimum absolute atomic E-state index is 0. The van der Waals surface area contributed by atoms with Crippen LogP contribution in [-0.2, 0) is 19.5 Å². The van der Waals surface area contributed by atoms with Crippen LogP contribution in [0, 0.1) is 0 Å². The molecule has 0 aliphatic rings. The van der Waals surface area contributed by atoms with Crippen LogP contribution in [0.25, 0.3) is 50.2 Å². The Morgan fingerprint density at radius 2 is 0.706 bits per heavy atom. The Morgan fingerprint density at radius 1 is 0.471 bits per heavy atom. The van der Waals surface area contributed by atoms with Crippen LogP contribution < -0.4 is 0 Å². The van der Waals surface area contributed by atoms with E-state index in [1.165, 1.54) is 44.5 Å². The van der Waals surface area contributed by atoms with Crippen LogP contribution in [0.4, 0.5) is 0 Å². The molecule has 0 saturated carbocycles. The van der Waals surface area contributed by atoms with Gasteiger partial charge in [0.25, 0.3) is 0 Å². The average Bonchev–Trinajstić information content (AvgIpc) is 3.27. The number of benzene rings is 4. The molecule has 0 unspecified atom stereocenters. The molecule has 0 aromatic heterocycles. The van der Waals surface area contributed by atoms with Crippen molar-refractivity contribution >= 4 is 0 Å². The third-order valence-electron chi connectivity index (χ3n) is 5.37. The average molecular weight is 529 g/mol. The van der Waals surface area contributed by atoms with E-state index in [1.807, 2.05) is 13.8 Å². The molecule has 0 fully saturated rings. The second-order valence-electron chi connectivity index (χ2n) is 8.34. The maximum Gasteiger partial charge on any atom is 2.00 e. The zero-order chi connectivity index (χ0) is 23.0. The van der Waals surface area contributed by atoms with Gasteiger partial charge >= 0.3 is 19.5 Å². The molecular formula is C32H29NRu. The molecule has 0 amide bonds. The quantitative estimate of drug-likeness (QED) is 0.164. The predicted molar refractivity (Wildman–Crippen MR) is 143 cm³/mol. The van der Waals surface area contributed by atoms with E-state index in [1.54, 1.807) is 0 Å². The Hall–Kier alpha value is -3.19. The van der Waals surface area contributed by atoms with E-state index in [0.717, 1.165) is 0 Å².